The molecule has 1 aliphatic heterocycles. The van der Waals surface area contributed by atoms with Crippen molar-refractivity contribution >= 4 is 11.6 Å². The topological polar surface area (TPSA) is 45.5 Å². The standard InChI is InChI=1S/C11H14FN5/c12-9-2-3-10-14-11(15-17(10)8-9)16-6-1-4-13-5-7-16/h2-3,8,13H,1,4-7H2. The summed E-state index contributed by atoms with van der Waals surface area (Å²) in [5.41, 5.74) is 0.679. The van der Waals surface area contributed by atoms with Gasteiger partial charge in [0.05, 0.1) is 6.20 Å². The first kappa shape index (κ1) is 10.5. The molecule has 3 heterocycles. The summed E-state index contributed by atoms with van der Waals surface area (Å²) in [7, 11) is 0. The Morgan fingerprint density at radius 2 is 2.18 bits per heavy atom. The Balaban J connectivity index is 1.93. The molecule has 0 radical (unpaired) electrons. The van der Waals surface area contributed by atoms with E-state index in [9.17, 15) is 4.39 Å². The van der Waals surface area contributed by atoms with Gasteiger partial charge in [-0.15, -0.1) is 5.10 Å². The molecule has 1 fully saturated rings. The van der Waals surface area contributed by atoms with Crippen LogP contribution in [0.25, 0.3) is 5.65 Å². The summed E-state index contributed by atoms with van der Waals surface area (Å²) < 4.78 is 14.5. The van der Waals surface area contributed by atoms with Gasteiger partial charge in [-0.25, -0.2) is 8.91 Å². The first-order valence-corrected chi connectivity index (χ1v) is 5.80. The Labute approximate surface area is 98.3 Å². The van der Waals surface area contributed by atoms with Gasteiger partial charge in [-0.05, 0) is 25.1 Å². The first-order valence-electron chi connectivity index (χ1n) is 5.80. The summed E-state index contributed by atoms with van der Waals surface area (Å²) >= 11 is 0. The zero-order chi connectivity index (χ0) is 11.7. The number of rotatable bonds is 1. The van der Waals surface area contributed by atoms with Crippen molar-refractivity contribution in [3.8, 4) is 0 Å². The van der Waals surface area contributed by atoms with E-state index in [1.54, 1.807) is 6.07 Å². The number of hydrogen-bond donors (Lipinski definition) is 1. The number of pyridine rings is 1. The highest BCUT2D eigenvalue weighted by Gasteiger charge is 2.14. The predicted octanol–water partition coefficient (Wildman–Crippen LogP) is 0.668. The van der Waals surface area contributed by atoms with Crippen molar-refractivity contribution in [3.63, 3.8) is 0 Å². The van der Waals surface area contributed by atoms with Gasteiger partial charge in [-0.1, -0.05) is 0 Å². The van der Waals surface area contributed by atoms with Crippen molar-refractivity contribution in [1.82, 2.24) is 19.9 Å². The summed E-state index contributed by atoms with van der Waals surface area (Å²) in [5, 5.41) is 7.63. The van der Waals surface area contributed by atoms with Gasteiger partial charge in [-0.2, -0.15) is 4.98 Å². The van der Waals surface area contributed by atoms with Gasteiger partial charge in [0.1, 0.15) is 5.82 Å². The highest BCUT2D eigenvalue weighted by molar-refractivity contribution is 5.44. The third-order valence-corrected chi connectivity index (χ3v) is 2.91. The van der Waals surface area contributed by atoms with Crippen LogP contribution < -0.4 is 10.2 Å². The average Bonchev–Trinajstić information content (AvgIpc) is 2.57. The fourth-order valence-corrected chi connectivity index (χ4v) is 2.03. The molecule has 0 aromatic carbocycles. The lowest BCUT2D eigenvalue weighted by atomic mass is 10.4. The van der Waals surface area contributed by atoms with Crippen LogP contribution in [0.4, 0.5) is 10.3 Å². The molecular weight excluding hydrogens is 221 g/mol. The fraction of sp³-hybridized carbons (Fsp3) is 0.455. The van der Waals surface area contributed by atoms with Crippen LogP contribution in [0, 0.1) is 5.82 Å². The predicted molar refractivity (Wildman–Crippen MR) is 62.6 cm³/mol. The summed E-state index contributed by atoms with van der Waals surface area (Å²) in [6, 6.07) is 3.04. The number of nitrogens with zero attached hydrogens (tertiary/aromatic N) is 4. The molecule has 0 spiro atoms. The maximum Gasteiger partial charge on any atom is 0.245 e. The summed E-state index contributed by atoms with van der Waals surface area (Å²) in [4.78, 5) is 6.53. The number of hydrogen-bond acceptors (Lipinski definition) is 4. The van der Waals surface area contributed by atoms with Crippen molar-refractivity contribution in [3.05, 3.63) is 24.1 Å². The van der Waals surface area contributed by atoms with Crippen LogP contribution in [0.1, 0.15) is 6.42 Å². The Kier molecular flexibility index (Phi) is 2.64. The van der Waals surface area contributed by atoms with Crippen LogP contribution in [0.2, 0.25) is 0 Å². The quantitative estimate of drug-likeness (QED) is 0.789. The van der Waals surface area contributed by atoms with Gasteiger partial charge in [0.25, 0.3) is 0 Å². The molecule has 5 nitrogen and oxygen atoms in total. The number of aromatic nitrogens is 3. The average molecular weight is 235 g/mol. The van der Waals surface area contributed by atoms with E-state index in [0.29, 0.717) is 11.6 Å². The highest BCUT2D eigenvalue weighted by Crippen LogP contribution is 2.12. The summed E-state index contributed by atoms with van der Waals surface area (Å²) in [5.74, 6) is 0.380. The van der Waals surface area contributed by atoms with Crippen LogP contribution in [0.15, 0.2) is 18.3 Å². The van der Waals surface area contributed by atoms with Gasteiger partial charge < -0.3 is 10.2 Å². The molecule has 0 unspecified atom stereocenters. The Hall–Kier alpha value is -1.69. The summed E-state index contributed by atoms with van der Waals surface area (Å²) in [6.45, 7) is 3.79. The summed E-state index contributed by atoms with van der Waals surface area (Å²) in [6.07, 6.45) is 2.42. The molecule has 90 valence electrons. The largest absolute Gasteiger partial charge is 0.338 e. The minimum Gasteiger partial charge on any atom is -0.338 e. The van der Waals surface area contributed by atoms with Crippen LogP contribution in [-0.2, 0) is 0 Å². The third-order valence-electron chi connectivity index (χ3n) is 2.91. The van der Waals surface area contributed by atoms with Crippen LogP contribution in [0.3, 0.4) is 0 Å². The monoisotopic (exact) mass is 235 g/mol. The van der Waals surface area contributed by atoms with E-state index >= 15 is 0 Å². The van der Waals surface area contributed by atoms with Crippen molar-refractivity contribution < 1.29 is 4.39 Å². The normalized spacial score (nSPS) is 17.4. The molecule has 6 heteroatoms. The van der Waals surface area contributed by atoms with Crippen LogP contribution in [-0.4, -0.2) is 40.8 Å². The van der Waals surface area contributed by atoms with E-state index in [1.807, 2.05) is 0 Å². The van der Waals surface area contributed by atoms with Crippen molar-refractivity contribution in [2.24, 2.45) is 0 Å². The molecule has 17 heavy (non-hydrogen) atoms. The maximum atomic E-state index is 13.0. The maximum absolute atomic E-state index is 13.0. The zero-order valence-electron chi connectivity index (χ0n) is 9.43. The minimum atomic E-state index is -0.300. The minimum absolute atomic E-state index is 0.300. The molecule has 2 aromatic heterocycles. The van der Waals surface area contributed by atoms with E-state index < -0.39 is 0 Å². The Bertz CT molecular complexity index is 516. The molecule has 0 aliphatic carbocycles. The van der Waals surface area contributed by atoms with E-state index in [4.69, 9.17) is 0 Å². The number of anilines is 1. The van der Waals surface area contributed by atoms with E-state index in [-0.39, 0.29) is 5.82 Å². The second kappa shape index (κ2) is 4.29. The van der Waals surface area contributed by atoms with Gasteiger partial charge in [0.15, 0.2) is 5.65 Å². The lowest BCUT2D eigenvalue weighted by molar-refractivity contribution is 0.614. The van der Waals surface area contributed by atoms with Crippen LogP contribution >= 0.6 is 0 Å². The second-order valence-corrected chi connectivity index (χ2v) is 4.15. The van der Waals surface area contributed by atoms with Crippen LogP contribution in [0.5, 0.6) is 0 Å². The Morgan fingerprint density at radius 1 is 1.24 bits per heavy atom. The van der Waals surface area contributed by atoms with E-state index in [2.05, 4.69) is 20.3 Å². The Morgan fingerprint density at radius 3 is 3.12 bits per heavy atom. The lowest BCUT2D eigenvalue weighted by Crippen LogP contribution is -2.28. The molecule has 2 aromatic rings. The number of halogens is 1. The van der Waals surface area contributed by atoms with Crippen molar-refractivity contribution in [1.29, 1.82) is 0 Å². The molecule has 0 atom stereocenters. The van der Waals surface area contributed by atoms with Crippen molar-refractivity contribution in [2.45, 2.75) is 6.42 Å². The van der Waals surface area contributed by atoms with Gasteiger partial charge in [0.2, 0.25) is 5.95 Å². The molecule has 0 saturated carbocycles. The van der Waals surface area contributed by atoms with E-state index in [1.165, 1.54) is 16.8 Å². The molecule has 1 N–H and O–H groups in total. The first-order chi connectivity index (χ1) is 8.33. The third kappa shape index (κ3) is 2.08. The molecule has 0 bridgehead atoms. The second-order valence-electron chi connectivity index (χ2n) is 4.15. The molecule has 1 saturated heterocycles. The molecule has 0 amide bonds. The van der Waals surface area contributed by atoms with Gasteiger partial charge in [-0.3, -0.25) is 0 Å². The molecule has 1 aliphatic rings. The highest BCUT2D eigenvalue weighted by atomic mass is 19.1. The van der Waals surface area contributed by atoms with Gasteiger partial charge in [0, 0.05) is 19.6 Å². The lowest BCUT2D eigenvalue weighted by Gasteiger charge is -2.16. The molecular formula is C11H14FN5. The number of fused-ring (bicyclic) bond motifs is 1. The van der Waals surface area contributed by atoms with Gasteiger partial charge >= 0.3 is 0 Å². The van der Waals surface area contributed by atoms with Crippen molar-refractivity contribution in [2.75, 3.05) is 31.1 Å². The number of nitrogens with one attached hydrogen (secondary N) is 1. The fourth-order valence-electron chi connectivity index (χ4n) is 2.03. The SMILES string of the molecule is Fc1ccc2nc(N3CCCNCC3)nn2c1. The molecule has 3 rings (SSSR count). The smallest absolute Gasteiger partial charge is 0.245 e. The van der Waals surface area contributed by atoms with E-state index in [0.717, 1.165) is 32.6 Å². The zero-order valence-corrected chi connectivity index (χ0v) is 9.43.